The van der Waals surface area contributed by atoms with Crippen molar-refractivity contribution < 1.29 is 0 Å². The molecule has 0 saturated heterocycles. The lowest BCUT2D eigenvalue weighted by molar-refractivity contribution is 0.816. The lowest BCUT2D eigenvalue weighted by Crippen LogP contribution is -2.25. The van der Waals surface area contributed by atoms with Gasteiger partial charge in [-0.25, -0.2) is 4.99 Å². The lowest BCUT2D eigenvalue weighted by Gasteiger charge is -2.09. The Morgan fingerprint density at radius 3 is 2.82 bits per heavy atom. The van der Waals surface area contributed by atoms with Gasteiger partial charge in [0.15, 0.2) is 5.96 Å². The second-order valence-corrected chi connectivity index (χ2v) is 2.66. The van der Waals surface area contributed by atoms with Gasteiger partial charge in [0.2, 0.25) is 0 Å². The standard InChI is InChI=1S/C8H13N3/c1-6-2-4-7(5-3-6)11-8(9)10/h2-4,7H,5H2,1H3,(H4,9,10,11). The van der Waals surface area contributed by atoms with Crippen LogP contribution in [0.15, 0.2) is 28.8 Å². The van der Waals surface area contributed by atoms with Gasteiger partial charge >= 0.3 is 0 Å². The molecule has 1 atom stereocenters. The van der Waals surface area contributed by atoms with Crippen molar-refractivity contribution in [2.24, 2.45) is 16.5 Å². The summed E-state index contributed by atoms with van der Waals surface area (Å²) < 4.78 is 0. The summed E-state index contributed by atoms with van der Waals surface area (Å²) in [5.41, 5.74) is 11.7. The number of nitrogens with two attached hydrogens (primary N) is 2. The van der Waals surface area contributed by atoms with E-state index in [1.54, 1.807) is 0 Å². The van der Waals surface area contributed by atoms with Crippen LogP contribution in [0.4, 0.5) is 0 Å². The second kappa shape index (κ2) is 3.23. The van der Waals surface area contributed by atoms with E-state index in [1.807, 2.05) is 12.2 Å². The van der Waals surface area contributed by atoms with Crippen LogP contribution in [0.2, 0.25) is 0 Å². The van der Waals surface area contributed by atoms with Gasteiger partial charge in [-0.1, -0.05) is 23.8 Å². The number of nitrogens with zero attached hydrogens (tertiary/aromatic N) is 1. The molecule has 1 unspecified atom stereocenters. The van der Waals surface area contributed by atoms with Gasteiger partial charge < -0.3 is 11.5 Å². The van der Waals surface area contributed by atoms with E-state index in [-0.39, 0.29) is 12.0 Å². The second-order valence-electron chi connectivity index (χ2n) is 2.66. The molecule has 0 heterocycles. The molecule has 0 aromatic carbocycles. The molecule has 0 aliphatic heterocycles. The Morgan fingerprint density at radius 2 is 2.36 bits per heavy atom. The third-order valence-electron chi connectivity index (χ3n) is 1.58. The Bertz CT molecular complexity index is 221. The molecule has 0 fully saturated rings. The van der Waals surface area contributed by atoms with Crippen LogP contribution in [0.3, 0.4) is 0 Å². The average molecular weight is 151 g/mol. The van der Waals surface area contributed by atoms with Gasteiger partial charge in [-0.15, -0.1) is 0 Å². The number of rotatable bonds is 1. The number of aliphatic imine (C=N–C) groups is 1. The Morgan fingerprint density at radius 1 is 1.64 bits per heavy atom. The number of hydrogen-bond donors (Lipinski definition) is 2. The molecule has 0 radical (unpaired) electrons. The highest BCUT2D eigenvalue weighted by atomic mass is 15.0. The molecule has 0 saturated carbocycles. The summed E-state index contributed by atoms with van der Waals surface area (Å²) in [6.45, 7) is 2.06. The summed E-state index contributed by atoms with van der Waals surface area (Å²) in [7, 11) is 0. The van der Waals surface area contributed by atoms with Gasteiger partial charge in [0.25, 0.3) is 0 Å². The minimum absolute atomic E-state index is 0.142. The van der Waals surface area contributed by atoms with Gasteiger partial charge in [0, 0.05) is 0 Å². The van der Waals surface area contributed by atoms with E-state index in [2.05, 4.69) is 18.0 Å². The Balaban J connectivity index is 2.56. The molecule has 0 spiro atoms. The average Bonchev–Trinajstić information content (AvgIpc) is 1.93. The van der Waals surface area contributed by atoms with Crippen LogP contribution in [-0.2, 0) is 0 Å². The van der Waals surface area contributed by atoms with E-state index in [0.717, 1.165) is 6.42 Å². The van der Waals surface area contributed by atoms with Crippen molar-refractivity contribution in [1.29, 1.82) is 0 Å². The smallest absolute Gasteiger partial charge is 0.186 e. The summed E-state index contributed by atoms with van der Waals surface area (Å²) in [4.78, 5) is 4.01. The van der Waals surface area contributed by atoms with Gasteiger partial charge in [0.1, 0.15) is 0 Å². The number of allylic oxidation sites excluding steroid dienone is 2. The molecular weight excluding hydrogens is 138 g/mol. The molecule has 4 N–H and O–H groups in total. The van der Waals surface area contributed by atoms with Crippen molar-refractivity contribution in [1.82, 2.24) is 0 Å². The number of guanidine groups is 1. The maximum absolute atomic E-state index is 5.23. The molecule has 1 aliphatic rings. The van der Waals surface area contributed by atoms with Gasteiger partial charge in [-0.05, 0) is 13.3 Å². The maximum atomic E-state index is 5.23. The van der Waals surface area contributed by atoms with Gasteiger partial charge in [0.05, 0.1) is 6.04 Å². The molecule has 0 amide bonds. The SMILES string of the molecule is CC1=CCC(N=C(N)N)C=C1. The van der Waals surface area contributed by atoms with Crippen molar-refractivity contribution in [3.63, 3.8) is 0 Å². The first-order chi connectivity index (χ1) is 5.18. The van der Waals surface area contributed by atoms with Gasteiger partial charge in [-0.3, -0.25) is 0 Å². The molecule has 0 aromatic rings. The summed E-state index contributed by atoms with van der Waals surface area (Å²) in [5, 5.41) is 0. The molecule has 3 nitrogen and oxygen atoms in total. The minimum atomic E-state index is 0.142. The Kier molecular flexibility index (Phi) is 2.31. The molecular formula is C8H13N3. The Hall–Kier alpha value is -1.25. The van der Waals surface area contributed by atoms with E-state index in [0.29, 0.717) is 0 Å². The highest BCUT2D eigenvalue weighted by Gasteiger charge is 2.03. The molecule has 0 aromatic heterocycles. The minimum Gasteiger partial charge on any atom is -0.370 e. The summed E-state index contributed by atoms with van der Waals surface area (Å²) in [5.74, 6) is 0.160. The fourth-order valence-electron chi connectivity index (χ4n) is 1.00. The number of hydrogen-bond acceptors (Lipinski definition) is 1. The first-order valence-electron chi connectivity index (χ1n) is 3.62. The molecule has 1 aliphatic carbocycles. The predicted molar refractivity (Wildman–Crippen MR) is 47.1 cm³/mol. The zero-order chi connectivity index (χ0) is 8.27. The van der Waals surface area contributed by atoms with Crippen LogP contribution in [0.5, 0.6) is 0 Å². The van der Waals surface area contributed by atoms with E-state index in [9.17, 15) is 0 Å². The van der Waals surface area contributed by atoms with Crippen LogP contribution < -0.4 is 11.5 Å². The summed E-state index contributed by atoms with van der Waals surface area (Å²) in [6, 6.07) is 0.142. The van der Waals surface area contributed by atoms with Gasteiger partial charge in [-0.2, -0.15) is 0 Å². The molecule has 11 heavy (non-hydrogen) atoms. The van der Waals surface area contributed by atoms with Crippen LogP contribution >= 0.6 is 0 Å². The molecule has 60 valence electrons. The first-order valence-corrected chi connectivity index (χ1v) is 3.62. The predicted octanol–water partition coefficient (Wildman–Crippen LogP) is 0.535. The largest absolute Gasteiger partial charge is 0.370 e. The third kappa shape index (κ3) is 2.45. The van der Waals surface area contributed by atoms with Crippen molar-refractivity contribution in [2.45, 2.75) is 19.4 Å². The van der Waals surface area contributed by atoms with E-state index >= 15 is 0 Å². The van der Waals surface area contributed by atoms with Crippen LogP contribution in [0, 0.1) is 0 Å². The Labute approximate surface area is 66.5 Å². The van der Waals surface area contributed by atoms with Crippen molar-refractivity contribution >= 4 is 5.96 Å². The molecule has 1 rings (SSSR count). The lowest BCUT2D eigenvalue weighted by atomic mass is 10.1. The topological polar surface area (TPSA) is 64.4 Å². The van der Waals surface area contributed by atoms with E-state index in [4.69, 9.17) is 11.5 Å². The normalized spacial score (nSPS) is 22.6. The van der Waals surface area contributed by atoms with Crippen LogP contribution in [0.1, 0.15) is 13.3 Å². The first kappa shape index (κ1) is 7.85. The van der Waals surface area contributed by atoms with Crippen molar-refractivity contribution in [3.05, 3.63) is 23.8 Å². The monoisotopic (exact) mass is 151 g/mol. The maximum Gasteiger partial charge on any atom is 0.186 e. The highest BCUT2D eigenvalue weighted by molar-refractivity contribution is 5.76. The zero-order valence-electron chi connectivity index (χ0n) is 6.62. The quantitative estimate of drug-likeness (QED) is 0.424. The summed E-state index contributed by atoms with van der Waals surface area (Å²) >= 11 is 0. The van der Waals surface area contributed by atoms with Crippen molar-refractivity contribution in [3.8, 4) is 0 Å². The van der Waals surface area contributed by atoms with Crippen molar-refractivity contribution in [2.75, 3.05) is 0 Å². The molecule has 0 bridgehead atoms. The third-order valence-corrected chi connectivity index (χ3v) is 1.58. The van der Waals surface area contributed by atoms with E-state index in [1.165, 1.54) is 5.57 Å². The van der Waals surface area contributed by atoms with Crippen LogP contribution in [0.25, 0.3) is 0 Å². The zero-order valence-corrected chi connectivity index (χ0v) is 6.62. The fraction of sp³-hybridized carbons (Fsp3) is 0.375. The summed E-state index contributed by atoms with van der Waals surface area (Å²) in [6.07, 6.45) is 7.06. The van der Waals surface area contributed by atoms with Crippen LogP contribution in [-0.4, -0.2) is 12.0 Å². The fourth-order valence-corrected chi connectivity index (χ4v) is 1.00. The highest BCUT2D eigenvalue weighted by Crippen LogP contribution is 2.11. The molecule has 3 heteroatoms. The van der Waals surface area contributed by atoms with E-state index < -0.39 is 0 Å².